The lowest BCUT2D eigenvalue weighted by Gasteiger charge is -2.28. The van der Waals surface area contributed by atoms with Crippen LogP contribution in [0.2, 0.25) is 0 Å². The van der Waals surface area contributed by atoms with Crippen molar-refractivity contribution >= 4 is 17.3 Å². The minimum atomic E-state index is -0.482. The molecular weight excluding hydrogens is 238 g/mol. The predicted molar refractivity (Wildman–Crippen MR) is 64.2 cm³/mol. The van der Waals surface area contributed by atoms with E-state index in [4.69, 9.17) is 10.5 Å². The number of nitrogens with two attached hydrogens (primary N) is 1. The molecule has 1 heterocycles. The molecule has 0 saturated carbocycles. The Morgan fingerprint density at radius 1 is 1.50 bits per heavy atom. The lowest BCUT2D eigenvalue weighted by Crippen LogP contribution is -2.42. The third kappa shape index (κ3) is 2.31. The van der Waals surface area contributed by atoms with Crippen molar-refractivity contribution in [3.63, 3.8) is 0 Å². The van der Waals surface area contributed by atoms with Gasteiger partial charge in [-0.1, -0.05) is 0 Å². The first-order chi connectivity index (χ1) is 8.63. The summed E-state index contributed by atoms with van der Waals surface area (Å²) in [6, 6.07) is 4.33. The van der Waals surface area contributed by atoms with Gasteiger partial charge in [-0.05, 0) is 11.6 Å². The number of benzene rings is 1. The summed E-state index contributed by atoms with van der Waals surface area (Å²) in [5.41, 5.74) is 6.76. The van der Waals surface area contributed by atoms with Crippen molar-refractivity contribution in [1.29, 1.82) is 0 Å². The minimum absolute atomic E-state index is 0.0279. The molecular formula is C11H13N3O4. The van der Waals surface area contributed by atoms with E-state index in [2.05, 4.69) is 0 Å². The number of amides is 1. The zero-order valence-corrected chi connectivity index (χ0v) is 9.67. The quantitative estimate of drug-likeness (QED) is 0.620. The molecule has 7 nitrogen and oxygen atoms in total. The van der Waals surface area contributed by atoms with Crippen molar-refractivity contribution in [2.45, 2.75) is 6.54 Å². The van der Waals surface area contributed by atoms with E-state index in [0.717, 1.165) is 0 Å². The SMILES string of the molecule is NCc1cc([N+](=O)[O-])ccc1N1CCOCC1=O. The van der Waals surface area contributed by atoms with Crippen LogP contribution in [-0.4, -0.2) is 30.6 Å². The number of non-ortho nitro benzene ring substituents is 1. The van der Waals surface area contributed by atoms with Gasteiger partial charge in [0, 0.05) is 30.9 Å². The molecule has 1 saturated heterocycles. The highest BCUT2D eigenvalue weighted by Crippen LogP contribution is 2.26. The van der Waals surface area contributed by atoms with Gasteiger partial charge in [0.05, 0.1) is 11.5 Å². The largest absolute Gasteiger partial charge is 0.370 e. The highest BCUT2D eigenvalue weighted by molar-refractivity contribution is 5.95. The highest BCUT2D eigenvalue weighted by atomic mass is 16.6. The van der Waals surface area contributed by atoms with Gasteiger partial charge in [0.15, 0.2) is 0 Å². The average Bonchev–Trinajstić information content (AvgIpc) is 2.38. The molecule has 1 aromatic rings. The molecule has 1 amide bonds. The van der Waals surface area contributed by atoms with Crippen molar-refractivity contribution in [3.8, 4) is 0 Å². The fourth-order valence-corrected chi connectivity index (χ4v) is 1.89. The molecule has 0 aliphatic carbocycles. The summed E-state index contributed by atoms with van der Waals surface area (Å²) in [6.45, 7) is 1.05. The molecule has 7 heteroatoms. The Morgan fingerprint density at radius 3 is 2.89 bits per heavy atom. The first kappa shape index (κ1) is 12.5. The van der Waals surface area contributed by atoms with Gasteiger partial charge in [0.25, 0.3) is 11.6 Å². The maximum Gasteiger partial charge on any atom is 0.269 e. The predicted octanol–water partition coefficient (Wildman–Crippen LogP) is 0.417. The van der Waals surface area contributed by atoms with E-state index in [1.807, 2.05) is 0 Å². The summed E-state index contributed by atoms with van der Waals surface area (Å²) >= 11 is 0. The number of rotatable bonds is 3. The van der Waals surface area contributed by atoms with Gasteiger partial charge < -0.3 is 15.4 Å². The first-order valence-electron chi connectivity index (χ1n) is 5.49. The third-order valence-electron chi connectivity index (χ3n) is 2.77. The van der Waals surface area contributed by atoms with Gasteiger partial charge in [0.1, 0.15) is 6.61 Å². The molecule has 1 aliphatic rings. The molecule has 2 N–H and O–H groups in total. The number of nitro groups is 1. The summed E-state index contributed by atoms with van der Waals surface area (Å²) in [4.78, 5) is 23.5. The van der Waals surface area contributed by atoms with E-state index in [-0.39, 0.29) is 24.7 Å². The van der Waals surface area contributed by atoms with Crippen LogP contribution >= 0.6 is 0 Å². The second kappa shape index (κ2) is 5.11. The molecule has 1 aliphatic heterocycles. The van der Waals surface area contributed by atoms with E-state index in [1.165, 1.54) is 12.1 Å². The number of nitro benzene ring substituents is 1. The lowest BCUT2D eigenvalue weighted by atomic mass is 10.1. The number of hydrogen-bond acceptors (Lipinski definition) is 5. The highest BCUT2D eigenvalue weighted by Gasteiger charge is 2.23. The topological polar surface area (TPSA) is 98.7 Å². The number of carbonyl (C=O) groups is 1. The Balaban J connectivity index is 2.37. The summed E-state index contributed by atoms with van der Waals surface area (Å²) < 4.78 is 5.04. The number of nitrogens with zero attached hydrogens (tertiary/aromatic N) is 2. The van der Waals surface area contributed by atoms with Crippen molar-refractivity contribution in [2.75, 3.05) is 24.7 Å². The van der Waals surface area contributed by atoms with Gasteiger partial charge in [0.2, 0.25) is 0 Å². The molecule has 1 fully saturated rings. The molecule has 0 bridgehead atoms. The van der Waals surface area contributed by atoms with E-state index in [0.29, 0.717) is 24.4 Å². The van der Waals surface area contributed by atoms with Crippen LogP contribution in [0.3, 0.4) is 0 Å². The molecule has 18 heavy (non-hydrogen) atoms. The van der Waals surface area contributed by atoms with E-state index in [9.17, 15) is 14.9 Å². The van der Waals surface area contributed by atoms with Gasteiger partial charge in [-0.25, -0.2) is 0 Å². The Bertz CT molecular complexity index is 489. The zero-order valence-electron chi connectivity index (χ0n) is 9.67. The molecule has 0 unspecified atom stereocenters. The molecule has 96 valence electrons. The number of morpholine rings is 1. The molecule has 0 atom stereocenters. The lowest BCUT2D eigenvalue weighted by molar-refractivity contribution is -0.384. The molecule has 0 radical (unpaired) electrons. The van der Waals surface area contributed by atoms with Crippen LogP contribution in [0.1, 0.15) is 5.56 Å². The average molecular weight is 251 g/mol. The van der Waals surface area contributed by atoms with Crippen LogP contribution in [0.4, 0.5) is 11.4 Å². The number of carbonyl (C=O) groups excluding carboxylic acids is 1. The van der Waals surface area contributed by atoms with Crippen molar-refractivity contribution < 1.29 is 14.5 Å². The van der Waals surface area contributed by atoms with Gasteiger partial charge in [-0.3, -0.25) is 14.9 Å². The number of ether oxygens (including phenoxy) is 1. The minimum Gasteiger partial charge on any atom is -0.370 e. The Morgan fingerprint density at radius 2 is 2.28 bits per heavy atom. The number of anilines is 1. The maximum absolute atomic E-state index is 11.7. The summed E-state index contributed by atoms with van der Waals surface area (Å²) in [7, 11) is 0. The van der Waals surface area contributed by atoms with Crippen LogP contribution in [0.25, 0.3) is 0 Å². The van der Waals surface area contributed by atoms with Gasteiger partial charge >= 0.3 is 0 Å². The first-order valence-corrected chi connectivity index (χ1v) is 5.49. The molecule has 2 rings (SSSR count). The summed E-state index contributed by atoms with van der Waals surface area (Å²) in [5.74, 6) is -0.162. The number of hydrogen-bond donors (Lipinski definition) is 1. The summed E-state index contributed by atoms with van der Waals surface area (Å²) in [6.07, 6.45) is 0. The van der Waals surface area contributed by atoms with Crippen LogP contribution in [0, 0.1) is 10.1 Å². The molecule has 1 aromatic carbocycles. The fraction of sp³-hybridized carbons (Fsp3) is 0.364. The second-order valence-corrected chi connectivity index (χ2v) is 3.87. The van der Waals surface area contributed by atoms with Crippen molar-refractivity contribution in [2.24, 2.45) is 5.73 Å². The normalized spacial score (nSPS) is 15.8. The Kier molecular flexibility index (Phi) is 3.54. The van der Waals surface area contributed by atoms with E-state index >= 15 is 0 Å². The third-order valence-corrected chi connectivity index (χ3v) is 2.77. The van der Waals surface area contributed by atoms with Crippen LogP contribution in [-0.2, 0) is 16.1 Å². The fourth-order valence-electron chi connectivity index (χ4n) is 1.89. The Labute approximate surface area is 103 Å². The standard InChI is InChI=1S/C11H13N3O4/c12-6-8-5-9(14(16)17)1-2-10(8)13-3-4-18-7-11(13)15/h1-2,5H,3-4,6-7,12H2. The monoisotopic (exact) mass is 251 g/mol. The molecule has 0 spiro atoms. The Hall–Kier alpha value is -1.99. The van der Waals surface area contributed by atoms with Crippen LogP contribution in [0.15, 0.2) is 18.2 Å². The van der Waals surface area contributed by atoms with Crippen molar-refractivity contribution in [1.82, 2.24) is 0 Å². The van der Waals surface area contributed by atoms with E-state index < -0.39 is 4.92 Å². The zero-order chi connectivity index (χ0) is 13.1. The van der Waals surface area contributed by atoms with Crippen molar-refractivity contribution in [3.05, 3.63) is 33.9 Å². The van der Waals surface area contributed by atoms with E-state index in [1.54, 1.807) is 11.0 Å². The smallest absolute Gasteiger partial charge is 0.269 e. The second-order valence-electron chi connectivity index (χ2n) is 3.87. The maximum atomic E-state index is 11.7. The van der Waals surface area contributed by atoms with Gasteiger partial charge in [-0.2, -0.15) is 0 Å². The molecule has 0 aromatic heterocycles. The summed E-state index contributed by atoms with van der Waals surface area (Å²) in [5, 5.41) is 10.7. The van der Waals surface area contributed by atoms with Gasteiger partial charge in [-0.15, -0.1) is 0 Å². The van der Waals surface area contributed by atoms with Crippen LogP contribution in [0.5, 0.6) is 0 Å². The van der Waals surface area contributed by atoms with Crippen LogP contribution < -0.4 is 10.6 Å².